The number of hydrogen-bond donors (Lipinski definition) is 1. The largest absolute Gasteiger partial charge is 0.399 e. The van der Waals surface area contributed by atoms with Crippen LogP contribution in [0.2, 0.25) is 0 Å². The van der Waals surface area contributed by atoms with Crippen molar-refractivity contribution >= 4 is 16.5 Å². The Hall–Kier alpha value is -0.980. The average Bonchev–Trinajstić information content (AvgIpc) is 2.27. The molecule has 0 radical (unpaired) electrons. The number of anilines is 1. The van der Waals surface area contributed by atoms with E-state index in [0.717, 1.165) is 13.1 Å². The zero-order chi connectivity index (χ0) is 13.1. The first-order valence-corrected chi connectivity index (χ1v) is 7.11. The van der Waals surface area contributed by atoms with Gasteiger partial charge in [0.2, 0.25) is 0 Å². The Morgan fingerprint density at radius 1 is 1.56 bits per heavy atom. The zero-order valence-electron chi connectivity index (χ0n) is 10.3. The molecule has 1 aromatic carbocycles. The summed E-state index contributed by atoms with van der Waals surface area (Å²) in [5.74, 6) is -0.0900. The maximum absolute atomic E-state index is 13.2. The Bertz CT molecular complexity index is 435. The van der Waals surface area contributed by atoms with E-state index in [2.05, 4.69) is 4.90 Å². The Morgan fingerprint density at radius 3 is 3.00 bits per heavy atom. The second kappa shape index (κ2) is 5.77. The molecule has 0 bridgehead atoms. The number of halogens is 1. The molecular weight excluding hydrogens is 255 g/mol. The van der Waals surface area contributed by atoms with Crippen molar-refractivity contribution in [2.75, 3.05) is 38.2 Å². The molecule has 4 nitrogen and oxygen atoms in total. The number of ether oxygens (including phenoxy) is 1. The predicted molar refractivity (Wildman–Crippen MR) is 69.3 cm³/mol. The van der Waals surface area contributed by atoms with Gasteiger partial charge in [-0.05, 0) is 25.2 Å². The van der Waals surface area contributed by atoms with Gasteiger partial charge in [0.1, 0.15) is 5.82 Å². The number of benzene rings is 1. The summed E-state index contributed by atoms with van der Waals surface area (Å²) in [4.78, 5) is 2.55. The molecule has 1 aromatic rings. The van der Waals surface area contributed by atoms with Gasteiger partial charge < -0.3 is 15.4 Å². The average molecular weight is 272 g/mol. The Labute approximate surface area is 108 Å². The fourth-order valence-electron chi connectivity index (χ4n) is 1.95. The first-order valence-electron chi connectivity index (χ1n) is 5.79. The topological polar surface area (TPSA) is 55.6 Å². The van der Waals surface area contributed by atoms with Gasteiger partial charge in [-0.15, -0.1) is 0 Å². The van der Waals surface area contributed by atoms with Crippen molar-refractivity contribution in [3.8, 4) is 0 Å². The van der Waals surface area contributed by atoms with Gasteiger partial charge in [-0.2, -0.15) is 0 Å². The summed E-state index contributed by atoms with van der Waals surface area (Å²) in [6, 6.07) is 4.02. The van der Waals surface area contributed by atoms with Crippen molar-refractivity contribution in [3.63, 3.8) is 0 Å². The maximum Gasteiger partial charge on any atom is 0.126 e. The molecule has 2 N–H and O–H groups in total. The quantitative estimate of drug-likeness (QED) is 0.829. The smallest absolute Gasteiger partial charge is 0.126 e. The molecule has 1 saturated heterocycles. The third kappa shape index (κ3) is 3.51. The fraction of sp³-hybridized carbons (Fsp3) is 0.500. The van der Waals surface area contributed by atoms with Gasteiger partial charge in [-0.25, -0.2) is 4.39 Å². The van der Waals surface area contributed by atoms with E-state index in [-0.39, 0.29) is 6.10 Å². The minimum absolute atomic E-state index is 0.0749. The minimum atomic E-state index is -1.29. The van der Waals surface area contributed by atoms with E-state index < -0.39 is 16.6 Å². The third-order valence-corrected chi connectivity index (χ3v) is 4.27. The molecule has 2 unspecified atom stereocenters. The maximum atomic E-state index is 13.2. The van der Waals surface area contributed by atoms with Crippen LogP contribution in [0.15, 0.2) is 23.1 Å². The standard InChI is InChI=1S/C12H17FN2O2S/c1-15-2-3-17-11(7-15)8-18(16)12-5-9(13)4-10(14)6-12/h4-6,11H,2-3,7-8,14H2,1H3. The van der Waals surface area contributed by atoms with Crippen molar-refractivity contribution in [3.05, 3.63) is 24.0 Å². The van der Waals surface area contributed by atoms with Crippen molar-refractivity contribution in [2.45, 2.75) is 11.0 Å². The Morgan fingerprint density at radius 2 is 2.33 bits per heavy atom. The number of morpholine rings is 1. The van der Waals surface area contributed by atoms with E-state index in [4.69, 9.17) is 10.5 Å². The third-order valence-electron chi connectivity index (χ3n) is 2.84. The van der Waals surface area contributed by atoms with E-state index in [1.807, 2.05) is 7.05 Å². The normalized spacial score (nSPS) is 22.9. The van der Waals surface area contributed by atoms with E-state index in [1.54, 1.807) is 6.07 Å². The van der Waals surface area contributed by atoms with Crippen molar-refractivity contribution in [1.82, 2.24) is 4.90 Å². The van der Waals surface area contributed by atoms with Gasteiger partial charge in [0.25, 0.3) is 0 Å². The minimum Gasteiger partial charge on any atom is -0.399 e. The molecule has 1 aliphatic rings. The summed E-state index contributed by atoms with van der Waals surface area (Å²) in [6.45, 7) is 2.27. The molecule has 0 saturated carbocycles. The van der Waals surface area contributed by atoms with Crippen LogP contribution in [-0.4, -0.2) is 47.7 Å². The fourth-order valence-corrected chi connectivity index (χ4v) is 3.19. The first-order chi connectivity index (χ1) is 8.54. The Kier molecular flexibility index (Phi) is 4.31. The lowest BCUT2D eigenvalue weighted by Gasteiger charge is -2.29. The lowest BCUT2D eigenvalue weighted by Crippen LogP contribution is -2.42. The second-order valence-corrected chi connectivity index (χ2v) is 5.98. The van der Waals surface area contributed by atoms with Crippen molar-refractivity contribution in [2.24, 2.45) is 0 Å². The number of likely N-dealkylation sites (N-methyl/N-ethyl adjacent to an activating group) is 1. The summed E-state index contributed by atoms with van der Waals surface area (Å²) in [5.41, 5.74) is 5.83. The number of nitrogens with two attached hydrogens (primary N) is 1. The van der Waals surface area contributed by atoms with E-state index in [1.165, 1.54) is 12.1 Å². The van der Waals surface area contributed by atoms with Crippen molar-refractivity contribution in [1.29, 1.82) is 0 Å². The monoisotopic (exact) mass is 272 g/mol. The van der Waals surface area contributed by atoms with Gasteiger partial charge in [0, 0.05) is 23.7 Å². The summed E-state index contributed by atoms with van der Waals surface area (Å²) in [7, 11) is 0.711. The second-order valence-electron chi connectivity index (χ2n) is 4.49. The lowest BCUT2D eigenvalue weighted by atomic mass is 10.3. The van der Waals surface area contributed by atoms with Crippen molar-refractivity contribution < 1.29 is 13.3 Å². The van der Waals surface area contributed by atoms with Gasteiger partial charge in [-0.1, -0.05) is 0 Å². The van der Waals surface area contributed by atoms with Crippen LogP contribution in [0.4, 0.5) is 10.1 Å². The summed E-state index contributed by atoms with van der Waals surface area (Å²) >= 11 is 0. The molecule has 0 aromatic heterocycles. The molecular formula is C12H17FN2O2S. The van der Waals surface area contributed by atoms with E-state index in [0.29, 0.717) is 22.9 Å². The molecule has 2 rings (SSSR count). The van der Waals surface area contributed by atoms with Crippen LogP contribution in [0.3, 0.4) is 0 Å². The molecule has 2 atom stereocenters. The number of nitrogens with zero attached hydrogens (tertiary/aromatic N) is 1. The molecule has 100 valence electrons. The number of nitrogen functional groups attached to an aromatic ring is 1. The highest BCUT2D eigenvalue weighted by Gasteiger charge is 2.21. The van der Waals surface area contributed by atoms with Gasteiger partial charge in [0.05, 0.1) is 29.3 Å². The van der Waals surface area contributed by atoms with Crippen LogP contribution in [0.5, 0.6) is 0 Å². The van der Waals surface area contributed by atoms with E-state index >= 15 is 0 Å². The zero-order valence-corrected chi connectivity index (χ0v) is 11.1. The molecule has 0 amide bonds. The first kappa shape index (κ1) is 13.5. The predicted octanol–water partition coefficient (Wildman–Crippen LogP) is 0.846. The van der Waals surface area contributed by atoms with Crippen LogP contribution in [0.1, 0.15) is 0 Å². The van der Waals surface area contributed by atoms with Crippen LogP contribution in [0, 0.1) is 5.82 Å². The summed E-state index contributed by atoms with van der Waals surface area (Å²) < 4.78 is 30.8. The van der Waals surface area contributed by atoms with Crippen LogP contribution >= 0.6 is 0 Å². The number of rotatable bonds is 3. The highest BCUT2D eigenvalue weighted by molar-refractivity contribution is 7.85. The van der Waals surface area contributed by atoms with Gasteiger partial charge >= 0.3 is 0 Å². The highest BCUT2D eigenvalue weighted by Crippen LogP contribution is 2.16. The van der Waals surface area contributed by atoms with Gasteiger partial charge in [0.15, 0.2) is 0 Å². The molecule has 1 fully saturated rings. The lowest BCUT2D eigenvalue weighted by molar-refractivity contribution is -0.00641. The van der Waals surface area contributed by atoms with Gasteiger partial charge in [-0.3, -0.25) is 4.21 Å². The molecule has 6 heteroatoms. The SMILES string of the molecule is CN1CCOC(CS(=O)c2cc(N)cc(F)c2)C1. The summed E-state index contributed by atoms with van der Waals surface area (Å²) in [5, 5.41) is 0. The molecule has 0 aliphatic carbocycles. The molecule has 1 heterocycles. The van der Waals surface area contributed by atoms with E-state index in [9.17, 15) is 8.60 Å². The van der Waals surface area contributed by atoms with Crippen LogP contribution in [-0.2, 0) is 15.5 Å². The molecule has 1 aliphatic heterocycles. The molecule has 0 spiro atoms. The number of hydrogen-bond acceptors (Lipinski definition) is 4. The Balaban J connectivity index is 2.02. The highest BCUT2D eigenvalue weighted by atomic mass is 32.2. The van der Waals surface area contributed by atoms with Crippen LogP contribution in [0.25, 0.3) is 0 Å². The summed E-state index contributed by atoms with van der Waals surface area (Å²) in [6.07, 6.45) is -0.0749. The van der Waals surface area contributed by atoms with Crippen LogP contribution < -0.4 is 5.73 Å². The molecule has 18 heavy (non-hydrogen) atoms.